The molecule has 0 saturated heterocycles. The van der Waals surface area contributed by atoms with Crippen LogP contribution in [0.3, 0.4) is 0 Å². The van der Waals surface area contributed by atoms with E-state index in [0.29, 0.717) is 39.9 Å². The van der Waals surface area contributed by atoms with Gasteiger partial charge in [-0.05, 0) is 36.5 Å². The number of aliphatic hydroxyl groups excluding tert-OH is 1. The number of nitrogens with zero attached hydrogens (tertiary/aromatic N) is 5. The van der Waals surface area contributed by atoms with E-state index in [9.17, 15) is 18.7 Å². The lowest BCUT2D eigenvalue weighted by Gasteiger charge is -2.46. The molecule has 10 heteroatoms. The quantitative estimate of drug-likeness (QED) is 0.485. The van der Waals surface area contributed by atoms with Crippen molar-refractivity contribution in [2.45, 2.75) is 49.5 Å². The molecule has 2 aliphatic rings. The van der Waals surface area contributed by atoms with Crippen LogP contribution < -0.4 is 5.56 Å². The maximum atomic E-state index is 14.1. The Hall–Kier alpha value is -3.40. The van der Waals surface area contributed by atoms with Crippen molar-refractivity contribution in [3.8, 4) is 5.69 Å². The number of hydrogen-bond donors (Lipinski definition) is 2. The van der Waals surface area contributed by atoms with Crippen LogP contribution in [0, 0.1) is 0 Å². The molecule has 0 unspecified atom stereocenters. The first-order chi connectivity index (χ1) is 15.8. The minimum Gasteiger partial charge on any atom is -0.388 e. The van der Waals surface area contributed by atoms with E-state index in [0.717, 1.165) is 18.4 Å². The van der Waals surface area contributed by atoms with Crippen molar-refractivity contribution in [2.24, 2.45) is 7.05 Å². The molecule has 4 aromatic rings. The van der Waals surface area contributed by atoms with Gasteiger partial charge in [-0.2, -0.15) is 0 Å². The molecule has 0 atom stereocenters. The maximum absolute atomic E-state index is 14.1. The molecule has 0 spiro atoms. The molecular formula is C23H22F2N6O2. The number of hydrogen-bond acceptors (Lipinski definition) is 5. The zero-order valence-electron chi connectivity index (χ0n) is 17.9. The minimum absolute atomic E-state index is 0.290. The Morgan fingerprint density at radius 3 is 2.70 bits per heavy atom. The number of aromatic nitrogens is 6. The summed E-state index contributed by atoms with van der Waals surface area (Å²) in [4.78, 5) is 20.7. The van der Waals surface area contributed by atoms with Crippen molar-refractivity contribution in [1.29, 1.82) is 0 Å². The van der Waals surface area contributed by atoms with E-state index in [1.807, 2.05) is 0 Å². The lowest BCUT2D eigenvalue weighted by Crippen LogP contribution is -2.51. The normalized spacial score (nSPS) is 19.0. The fraction of sp³-hybridized carbons (Fsp3) is 0.391. The summed E-state index contributed by atoms with van der Waals surface area (Å²) < 4.78 is 31.5. The average molecular weight is 452 g/mol. The van der Waals surface area contributed by atoms with Gasteiger partial charge in [-0.15, -0.1) is 10.2 Å². The van der Waals surface area contributed by atoms with Gasteiger partial charge in [0, 0.05) is 37.3 Å². The first-order valence-electron chi connectivity index (χ1n) is 10.9. The second-order valence-electron chi connectivity index (χ2n) is 9.21. The molecule has 2 fully saturated rings. The van der Waals surface area contributed by atoms with Crippen molar-refractivity contribution >= 4 is 11.0 Å². The number of alkyl halides is 2. The molecule has 8 nitrogen and oxygen atoms in total. The van der Waals surface area contributed by atoms with Gasteiger partial charge in [0.05, 0.1) is 10.9 Å². The third-order valence-electron chi connectivity index (χ3n) is 6.83. The summed E-state index contributed by atoms with van der Waals surface area (Å²) >= 11 is 0. The van der Waals surface area contributed by atoms with E-state index < -0.39 is 11.3 Å². The molecule has 0 aliphatic heterocycles. The van der Waals surface area contributed by atoms with Crippen LogP contribution in [0.4, 0.5) is 8.78 Å². The number of H-pyrrole nitrogens is 1. The number of aryl methyl sites for hydroxylation is 1. The Kier molecular flexibility index (Phi) is 4.17. The Morgan fingerprint density at radius 2 is 2.06 bits per heavy atom. The monoisotopic (exact) mass is 452 g/mol. The number of aromatic amines is 1. The number of rotatable bonds is 5. The molecule has 1 aromatic carbocycles. The number of benzene rings is 1. The van der Waals surface area contributed by atoms with Crippen LogP contribution in [-0.2, 0) is 19.1 Å². The Labute approximate surface area is 186 Å². The van der Waals surface area contributed by atoms with Crippen molar-refractivity contribution in [1.82, 2.24) is 29.3 Å². The van der Waals surface area contributed by atoms with Crippen LogP contribution in [0.15, 0.2) is 41.6 Å². The van der Waals surface area contributed by atoms with Crippen molar-refractivity contribution in [3.05, 3.63) is 69.9 Å². The summed E-state index contributed by atoms with van der Waals surface area (Å²) in [5.74, 6) is -1.65. The predicted octanol–water partition coefficient (Wildman–Crippen LogP) is 2.93. The van der Waals surface area contributed by atoms with Gasteiger partial charge in [0.15, 0.2) is 0 Å². The van der Waals surface area contributed by atoms with E-state index in [1.54, 1.807) is 46.6 Å². The zero-order chi connectivity index (χ0) is 23.0. The van der Waals surface area contributed by atoms with E-state index in [2.05, 4.69) is 20.2 Å². The molecule has 2 aliphatic carbocycles. The van der Waals surface area contributed by atoms with E-state index in [-0.39, 0.29) is 25.0 Å². The second kappa shape index (κ2) is 6.80. The number of nitrogens with one attached hydrogen (secondary N) is 1. The highest BCUT2D eigenvalue weighted by Gasteiger charge is 2.60. The molecule has 33 heavy (non-hydrogen) atoms. The molecule has 0 radical (unpaired) electrons. The number of fused-ring (bicyclic) bond motifs is 1. The molecule has 3 aromatic heterocycles. The molecule has 170 valence electrons. The third-order valence-corrected chi connectivity index (χ3v) is 6.83. The van der Waals surface area contributed by atoms with Gasteiger partial charge >= 0.3 is 0 Å². The zero-order valence-corrected chi connectivity index (χ0v) is 17.9. The van der Waals surface area contributed by atoms with Crippen molar-refractivity contribution < 1.29 is 13.9 Å². The summed E-state index contributed by atoms with van der Waals surface area (Å²) in [5.41, 5.74) is 1.85. The predicted molar refractivity (Wildman–Crippen MR) is 116 cm³/mol. The van der Waals surface area contributed by atoms with Crippen LogP contribution in [-0.4, -0.2) is 40.3 Å². The van der Waals surface area contributed by atoms with Gasteiger partial charge in [-0.3, -0.25) is 9.36 Å². The molecule has 6 rings (SSSR count). The SMILES string of the molecule is Cn1cnnc1C1(c2cccc(-n3cc(C4CC4)c4nc(CO)[nH]c4c3=O)c2)CC(F)(F)C1. The van der Waals surface area contributed by atoms with Gasteiger partial charge in [-0.25, -0.2) is 13.8 Å². The van der Waals surface area contributed by atoms with E-state index in [1.165, 1.54) is 6.33 Å². The largest absolute Gasteiger partial charge is 0.388 e. The van der Waals surface area contributed by atoms with Gasteiger partial charge < -0.3 is 14.7 Å². The first-order valence-corrected chi connectivity index (χ1v) is 10.9. The Balaban J connectivity index is 1.52. The van der Waals surface area contributed by atoms with Gasteiger partial charge in [0.1, 0.15) is 30.1 Å². The second-order valence-corrected chi connectivity index (χ2v) is 9.21. The van der Waals surface area contributed by atoms with Gasteiger partial charge in [-0.1, -0.05) is 12.1 Å². The summed E-state index contributed by atoms with van der Waals surface area (Å²) in [6, 6.07) is 7.16. The summed E-state index contributed by atoms with van der Waals surface area (Å²) in [5, 5.41) is 17.5. The molecule has 2 saturated carbocycles. The first kappa shape index (κ1) is 20.2. The standard InChI is InChI=1S/C23H22F2N6O2/c1-30-12-26-29-21(30)22(10-23(24,25)11-22)14-3-2-4-15(7-14)31-8-16(13-5-6-13)18-19(20(31)33)28-17(9-32)27-18/h2-4,7-8,12-13,32H,5-6,9-11H2,1H3,(H,27,28). The highest BCUT2D eigenvalue weighted by Crippen LogP contribution is 2.56. The van der Waals surface area contributed by atoms with Gasteiger partial charge in [0.2, 0.25) is 0 Å². The molecular weight excluding hydrogens is 430 g/mol. The van der Waals surface area contributed by atoms with Crippen LogP contribution >= 0.6 is 0 Å². The third kappa shape index (κ3) is 3.04. The Bertz CT molecular complexity index is 1440. The van der Waals surface area contributed by atoms with Crippen LogP contribution in [0.2, 0.25) is 0 Å². The number of halogens is 2. The summed E-state index contributed by atoms with van der Waals surface area (Å²) in [7, 11) is 1.74. The summed E-state index contributed by atoms with van der Waals surface area (Å²) in [6.07, 6.45) is 4.61. The van der Waals surface area contributed by atoms with Crippen LogP contribution in [0.1, 0.15) is 54.4 Å². The van der Waals surface area contributed by atoms with Crippen molar-refractivity contribution in [2.75, 3.05) is 0 Å². The van der Waals surface area contributed by atoms with E-state index in [4.69, 9.17) is 0 Å². The lowest BCUT2D eigenvalue weighted by molar-refractivity contribution is -0.116. The van der Waals surface area contributed by atoms with Gasteiger partial charge in [0.25, 0.3) is 11.5 Å². The van der Waals surface area contributed by atoms with Crippen molar-refractivity contribution in [3.63, 3.8) is 0 Å². The van der Waals surface area contributed by atoms with E-state index >= 15 is 0 Å². The maximum Gasteiger partial charge on any atom is 0.281 e. The molecule has 2 N–H and O–H groups in total. The minimum atomic E-state index is -2.78. The summed E-state index contributed by atoms with van der Waals surface area (Å²) in [6.45, 7) is -0.290. The smallest absolute Gasteiger partial charge is 0.281 e. The fourth-order valence-electron chi connectivity index (χ4n) is 5.12. The fourth-order valence-corrected chi connectivity index (χ4v) is 5.12. The number of imidazole rings is 1. The lowest BCUT2D eigenvalue weighted by atomic mass is 9.61. The molecule has 0 bridgehead atoms. The highest BCUT2D eigenvalue weighted by atomic mass is 19.3. The van der Waals surface area contributed by atoms with Crippen LogP contribution in [0.5, 0.6) is 0 Å². The Morgan fingerprint density at radius 1 is 1.27 bits per heavy atom. The highest BCUT2D eigenvalue weighted by molar-refractivity contribution is 5.79. The van der Waals surface area contributed by atoms with Crippen LogP contribution in [0.25, 0.3) is 16.7 Å². The topological polar surface area (TPSA) is 102 Å². The molecule has 3 heterocycles. The number of pyridine rings is 1. The average Bonchev–Trinajstić information content (AvgIpc) is 3.37. The number of aliphatic hydroxyl groups is 1. The molecule has 0 amide bonds.